The maximum absolute atomic E-state index is 13.1. The summed E-state index contributed by atoms with van der Waals surface area (Å²) in [5, 5.41) is 2.88. The number of sulfonamides is 1. The van der Waals surface area contributed by atoms with Gasteiger partial charge in [-0.3, -0.25) is 4.79 Å². The zero-order valence-electron chi connectivity index (χ0n) is 15.1. The van der Waals surface area contributed by atoms with Crippen molar-refractivity contribution in [3.63, 3.8) is 0 Å². The van der Waals surface area contributed by atoms with Gasteiger partial charge in [-0.1, -0.05) is 6.07 Å². The highest BCUT2D eigenvalue weighted by Crippen LogP contribution is 2.46. The zero-order chi connectivity index (χ0) is 19.2. The molecule has 0 radical (unpaired) electrons. The second kappa shape index (κ2) is 6.24. The quantitative estimate of drug-likeness (QED) is 0.866. The van der Waals surface area contributed by atoms with Crippen LogP contribution in [0.4, 0.5) is 5.69 Å². The van der Waals surface area contributed by atoms with Gasteiger partial charge in [-0.15, -0.1) is 0 Å². The van der Waals surface area contributed by atoms with Gasteiger partial charge in [-0.25, -0.2) is 8.42 Å². The number of nitrogens with one attached hydrogen (secondary N) is 1. The first kappa shape index (κ1) is 17.8. The molecule has 2 aliphatic heterocycles. The third kappa shape index (κ3) is 2.67. The van der Waals surface area contributed by atoms with Crippen molar-refractivity contribution in [1.29, 1.82) is 0 Å². The summed E-state index contributed by atoms with van der Waals surface area (Å²) >= 11 is 0. The molecule has 8 heteroatoms. The lowest BCUT2D eigenvalue weighted by molar-refractivity contribution is -0.120. The summed E-state index contributed by atoms with van der Waals surface area (Å²) in [6.07, 6.45) is 0.419. The van der Waals surface area contributed by atoms with Gasteiger partial charge in [0.1, 0.15) is 11.5 Å². The Morgan fingerprint density at radius 2 is 1.81 bits per heavy atom. The smallest absolute Gasteiger partial charge is 0.243 e. The van der Waals surface area contributed by atoms with Crippen molar-refractivity contribution in [3.05, 3.63) is 48.0 Å². The van der Waals surface area contributed by atoms with Crippen molar-refractivity contribution >= 4 is 21.6 Å². The Kier molecular flexibility index (Phi) is 4.12. The molecule has 0 unspecified atom stereocenters. The molecule has 2 aliphatic rings. The van der Waals surface area contributed by atoms with Gasteiger partial charge < -0.3 is 14.8 Å². The molecule has 2 aromatic rings. The van der Waals surface area contributed by atoms with Crippen LogP contribution in [0.1, 0.15) is 12.0 Å². The van der Waals surface area contributed by atoms with E-state index in [1.807, 2.05) is 6.07 Å². The molecule has 2 aromatic carbocycles. The molecule has 1 fully saturated rings. The lowest BCUT2D eigenvalue weighted by Crippen LogP contribution is -2.39. The number of carbonyl (C=O) groups excluding carboxylic acids is 1. The van der Waals surface area contributed by atoms with Crippen molar-refractivity contribution in [1.82, 2.24) is 4.31 Å². The molecule has 1 N–H and O–H groups in total. The van der Waals surface area contributed by atoms with Crippen LogP contribution in [0.2, 0.25) is 0 Å². The summed E-state index contributed by atoms with van der Waals surface area (Å²) in [5.74, 6) is 0.937. The van der Waals surface area contributed by atoms with Crippen molar-refractivity contribution in [2.75, 3.05) is 32.6 Å². The van der Waals surface area contributed by atoms with E-state index in [0.29, 0.717) is 23.6 Å². The number of rotatable bonds is 4. The average molecular weight is 388 g/mol. The van der Waals surface area contributed by atoms with E-state index in [1.165, 1.54) is 23.5 Å². The maximum atomic E-state index is 13.1. The lowest BCUT2D eigenvalue weighted by Gasteiger charge is -2.23. The van der Waals surface area contributed by atoms with Gasteiger partial charge in [0.2, 0.25) is 15.9 Å². The van der Waals surface area contributed by atoms with Crippen molar-refractivity contribution in [2.24, 2.45) is 0 Å². The van der Waals surface area contributed by atoms with Crippen LogP contribution in [0.15, 0.2) is 47.4 Å². The van der Waals surface area contributed by atoms with Gasteiger partial charge >= 0.3 is 0 Å². The number of benzene rings is 2. The molecule has 0 aliphatic carbocycles. The van der Waals surface area contributed by atoms with E-state index < -0.39 is 15.4 Å². The van der Waals surface area contributed by atoms with Gasteiger partial charge in [0.25, 0.3) is 0 Å². The van der Waals surface area contributed by atoms with E-state index >= 15 is 0 Å². The van der Waals surface area contributed by atoms with Gasteiger partial charge in [0, 0.05) is 24.8 Å². The number of ether oxygens (including phenoxy) is 2. The average Bonchev–Trinajstić information content (AvgIpc) is 3.25. The van der Waals surface area contributed by atoms with Gasteiger partial charge in [0.15, 0.2) is 0 Å². The predicted octanol–water partition coefficient (Wildman–Crippen LogP) is 1.99. The molecule has 7 nitrogen and oxygen atoms in total. The van der Waals surface area contributed by atoms with Crippen LogP contribution in [0.25, 0.3) is 0 Å². The molecule has 0 aromatic heterocycles. The van der Waals surface area contributed by atoms with Crippen LogP contribution in [0.3, 0.4) is 0 Å². The lowest BCUT2D eigenvalue weighted by atomic mass is 9.81. The molecular weight excluding hydrogens is 368 g/mol. The molecule has 0 bridgehead atoms. The molecule has 0 saturated carbocycles. The minimum absolute atomic E-state index is 0.0958. The van der Waals surface area contributed by atoms with Crippen LogP contribution in [0.5, 0.6) is 11.5 Å². The van der Waals surface area contributed by atoms with Crippen LogP contribution >= 0.6 is 0 Å². The highest BCUT2D eigenvalue weighted by atomic mass is 32.2. The van der Waals surface area contributed by atoms with Gasteiger partial charge in [-0.05, 0) is 42.3 Å². The molecule has 1 spiro atoms. The number of anilines is 1. The van der Waals surface area contributed by atoms with E-state index in [-0.39, 0.29) is 23.9 Å². The van der Waals surface area contributed by atoms with E-state index in [0.717, 1.165) is 5.56 Å². The topological polar surface area (TPSA) is 84.9 Å². The maximum Gasteiger partial charge on any atom is 0.243 e. The van der Waals surface area contributed by atoms with E-state index in [9.17, 15) is 13.2 Å². The summed E-state index contributed by atoms with van der Waals surface area (Å²) in [5.41, 5.74) is 0.604. The van der Waals surface area contributed by atoms with Gasteiger partial charge in [0.05, 0.1) is 24.5 Å². The molecule has 142 valence electrons. The zero-order valence-corrected chi connectivity index (χ0v) is 15.9. The van der Waals surface area contributed by atoms with Gasteiger partial charge in [-0.2, -0.15) is 4.31 Å². The standard InChI is InChI=1S/C19H20N2O5S/c1-25-13-4-3-5-15(10-13)27(23,24)21-9-8-19(12-21)16-11-14(26-2)6-7-17(16)20-18(19)22/h3-7,10-11H,8-9,12H2,1-2H3,(H,20,22)/t19-/m1/s1. The minimum atomic E-state index is -3.73. The van der Waals surface area contributed by atoms with Crippen LogP contribution in [-0.4, -0.2) is 45.9 Å². The Balaban J connectivity index is 1.70. The number of amides is 1. The first-order valence-corrected chi connectivity index (χ1v) is 9.99. The van der Waals surface area contributed by atoms with Crippen molar-refractivity contribution in [3.8, 4) is 11.5 Å². The minimum Gasteiger partial charge on any atom is -0.497 e. The van der Waals surface area contributed by atoms with Crippen LogP contribution in [0, 0.1) is 0 Å². The van der Waals surface area contributed by atoms with E-state index in [4.69, 9.17) is 9.47 Å². The number of carbonyl (C=O) groups is 1. The molecule has 4 rings (SSSR count). The van der Waals surface area contributed by atoms with E-state index in [2.05, 4.69) is 5.32 Å². The van der Waals surface area contributed by atoms with Crippen molar-refractivity contribution < 1.29 is 22.7 Å². The fraction of sp³-hybridized carbons (Fsp3) is 0.316. The summed E-state index contributed by atoms with van der Waals surface area (Å²) in [6.45, 7) is 0.363. The Morgan fingerprint density at radius 1 is 1.07 bits per heavy atom. The second-order valence-electron chi connectivity index (χ2n) is 6.72. The largest absolute Gasteiger partial charge is 0.497 e. The SMILES string of the molecule is COc1cccc(S(=O)(=O)N2CC[C@]3(C2)C(=O)Nc2ccc(OC)cc23)c1. The number of nitrogens with zero attached hydrogens (tertiary/aromatic N) is 1. The monoisotopic (exact) mass is 388 g/mol. The number of hydrogen-bond acceptors (Lipinski definition) is 5. The van der Waals surface area contributed by atoms with E-state index in [1.54, 1.807) is 31.4 Å². The Bertz CT molecular complexity index is 1020. The molecular formula is C19H20N2O5S. The predicted molar refractivity (Wildman–Crippen MR) is 99.7 cm³/mol. The summed E-state index contributed by atoms with van der Waals surface area (Å²) < 4.78 is 38.0. The summed E-state index contributed by atoms with van der Waals surface area (Å²) in [4.78, 5) is 12.9. The Morgan fingerprint density at radius 3 is 2.56 bits per heavy atom. The highest BCUT2D eigenvalue weighted by molar-refractivity contribution is 7.89. The fourth-order valence-electron chi connectivity index (χ4n) is 3.82. The van der Waals surface area contributed by atoms with Crippen molar-refractivity contribution in [2.45, 2.75) is 16.7 Å². The van der Waals surface area contributed by atoms with Crippen LogP contribution < -0.4 is 14.8 Å². The first-order valence-electron chi connectivity index (χ1n) is 8.55. The number of hydrogen-bond donors (Lipinski definition) is 1. The Labute approximate surface area is 157 Å². The molecule has 27 heavy (non-hydrogen) atoms. The third-order valence-corrected chi connectivity index (χ3v) is 7.18. The number of methoxy groups -OCH3 is 2. The second-order valence-corrected chi connectivity index (χ2v) is 8.65. The molecule has 1 amide bonds. The summed E-state index contributed by atoms with van der Waals surface area (Å²) in [6, 6.07) is 11.7. The highest BCUT2D eigenvalue weighted by Gasteiger charge is 2.53. The molecule has 1 saturated heterocycles. The van der Waals surface area contributed by atoms with Crippen LogP contribution in [-0.2, 0) is 20.2 Å². The molecule has 2 heterocycles. The fourth-order valence-corrected chi connectivity index (χ4v) is 5.35. The number of fused-ring (bicyclic) bond motifs is 2. The first-order chi connectivity index (χ1) is 12.9. The molecule has 1 atom stereocenters. The Hall–Kier alpha value is -2.58. The normalized spacial score (nSPS) is 21.9. The third-order valence-electron chi connectivity index (χ3n) is 5.34. The summed E-state index contributed by atoms with van der Waals surface area (Å²) in [7, 11) is -0.682.